The molecule has 0 spiro atoms. The van der Waals surface area contributed by atoms with Crippen molar-refractivity contribution in [1.29, 1.82) is 0 Å². The Hall–Kier alpha value is -2.64. The van der Waals surface area contributed by atoms with Crippen LogP contribution in [-0.2, 0) is 19.8 Å². The van der Waals surface area contributed by atoms with Gasteiger partial charge in [-0.1, -0.05) is 12.1 Å². The lowest BCUT2D eigenvalue weighted by Crippen LogP contribution is -2.29. The Bertz CT molecular complexity index is 1040. The molecule has 1 aliphatic rings. The maximum absolute atomic E-state index is 5.78. The molecule has 0 saturated heterocycles. The predicted octanol–water partition coefficient (Wildman–Crippen LogP) is 4.74. The third-order valence-electron chi connectivity index (χ3n) is 5.51. The standard InChI is InChI=1S/C23H28N4O2S/c1-4-26-22(18-7-13-21(29-3)14-8-18)24-27(23(26)30)16-25(19-9-10-19)15-17-5-11-20(28-2)12-6-17/h5-8,11-14,19H,4,9-10,15-16H2,1-3H3. The third kappa shape index (κ3) is 4.42. The van der Waals surface area contributed by atoms with Crippen LogP contribution in [0.5, 0.6) is 11.5 Å². The molecule has 0 N–H and O–H groups in total. The molecule has 1 heterocycles. The summed E-state index contributed by atoms with van der Waals surface area (Å²) in [6.07, 6.45) is 2.45. The van der Waals surface area contributed by atoms with E-state index in [2.05, 4.69) is 28.5 Å². The van der Waals surface area contributed by atoms with Crippen molar-refractivity contribution in [2.24, 2.45) is 0 Å². The van der Waals surface area contributed by atoms with Gasteiger partial charge in [0, 0.05) is 24.7 Å². The molecule has 30 heavy (non-hydrogen) atoms. The topological polar surface area (TPSA) is 44.5 Å². The third-order valence-corrected chi connectivity index (χ3v) is 5.94. The second kappa shape index (κ2) is 9.02. The van der Waals surface area contributed by atoms with Crippen LogP contribution < -0.4 is 9.47 Å². The van der Waals surface area contributed by atoms with Crippen LogP contribution in [0.2, 0.25) is 0 Å². The normalized spacial score (nSPS) is 13.6. The number of methoxy groups -OCH3 is 2. The van der Waals surface area contributed by atoms with E-state index in [1.54, 1.807) is 14.2 Å². The van der Waals surface area contributed by atoms with Crippen molar-refractivity contribution in [3.63, 3.8) is 0 Å². The van der Waals surface area contributed by atoms with E-state index in [-0.39, 0.29) is 0 Å². The van der Waals surface area contributed by atoms with Gasteiger partial charge in [-0.25, -0.2) is 4.68 Å². The van der Waals surface area contributed by atoms with Gasteiger partial charge in [-0.2, -0.15) is 5.10 Å². The van der Waals surface area contributed by atoms with E-state index in [4.69, 9.17) is 26.8 Å². The van der Waals surface area contributed by atoms with Crippen LogP contribution in [0.15, 0.2) is 48.5 Å². The lowest BCUT2D eigenvalue weighted by molar-refractivity contribution is 0.186. The van der Waals surface area contributed by atoms with Crippen molar-refractivity contribution < 1.29 is 9.47 Å². The number of nitrogens with zero attached hydrogens (tertiary/aromatic N) is 4. The van der Waals surface area contributed by atoms with Crippen molar-refractivity contribution in [3.05, 3.63) is 58.9 Å². The van der Waals surface area contributed by atoms with Crippen molar-refractivity contribution in [1.82, 2.24) is 19.2 Å². The van der Waals surface area contributed by atoms with Crippen LogP contribution in [-0.4, -0.2) is 39.5 Å². The Morgan fingerprint density at radius 2 is 1.60 bits per heavy atom. The largest absolute Gasteiger partial charge is 0.497 e. The molecule has 1 aliphatic carbocycles. The van der Waals surface area contributed by atoms with Crippen LogP contribution in [0.1, 0.15) is 25.3 Å². The van der Waals surface area contributed by atoms with E-state index >= 15 is 0 Å². The molecule has 0 atom stereocenters. The van der Waals surface area contributed by atoms with Crippen LogP contribution in [0.25, 0.3) is 11.4 Å². The molecule has 1 aromatic heterocycles. The van der Waals surface area contributed by atoms with E-state index in [1.165, 1.54) is 18.4 Å². The molecule has 0 radical (unpaired) electrons. The number of aromatic nitrogens is 3. The van der Waals surface area contributed by atoms with Crippen molar-refractivity contribution in [2.45, 2.75) is 45.6 Å². The van der Waals surface area contributed by atoms with E-state index in [0.29, 0.717) is 12.7 Å². The molecule has 4 rings (SSSR count). The number of hydrogen-bond acceptors (Lipinski definition) is 5. The number of hydrogen-bond donors (Lipinski definition) is 0. The molecular formula is C23H28N4O2S. The zero-order valence-corrected chi connectivity index (χ0v) is 18.6. The van der Waals surface area contributed by atoms with E-state index < -0.39 is 0 Å². The first-order valence-corrected chi connectivity index (χ1v) is 10.7. The average molecular weight is 425 g/mol. The Morgan fingerprint density at radius 1 is 1.00 bits per heavy atom. The maximum Gasteiger partial charge on any atom is 0.199 e. The number of rotatable bonds is 9. The fourth-order valence-corrected chi connectivity index (χ4v) is 3.96. The Labute approximate surface area is 182 Å². The molecule has 1 saturated carbocycles. The highest BCUT2D eigenvalue weighted by molar-refractivity contribution is 7.71. The van der Waals surface area contributed by atoms with Crippen LogP contribution in [0.4, 0.5) is 0 Å². The van der Waals surface area contributed by atoms with Gasteiger partial charge in [-0.15, -0.1) is 0 Å². The molecule has 0 bridgehead atoms. The smallest absolute Gasteiger partial charge is 0.199 e. The summed E-state index contributed by atoms with van der Waals surface area (Å²) in [7, 11) is 3.37. The molecule has 7 heteroatoms. The Balaban J connectivity index is 1.58. The maximum atomic E-state index is 5.78. The second-order valence-corrected chi connectivity index (χ2v) is 7.91. The summed E-state index contributed by atoms with van der Waals surface area (Å²) in [4.78, 5) is 2.46. The molecule has 158 valence electrons. The predicted molar refractivity (Wildman–Crippen MR) is 120 cm³/mol. The first kappa shape index (κ1) is 20.6. The summed E-state index contributed by atoms with van der Waals surface area (Å²) < 4.78 is 15.4. The molecule has 2 aromatic carbocycles. The first-order valence-electron chi connectivity index (χ1n) is 10.3. The second-order valence-electron chi connectivity index (χ2n) is 7.55. The highest BCUT2D eigenvalue weighted by Gasteiger charge is 2.30. The first-order chi connectivity index (χ1) is 14.6. The van der Waals surface area contributed by atoms with Gasteiger partial charge >= 0.3 is 0 Å². The van der Waals surface area contributed by atoms with Gasteiger partial charge in [-0.3, -0.25) is 4.90 Å². The van der Waals surface area contributed by atoms with E-state index in [1.807, 2.05) is 41.1 Å². The average Bonchev–Trinajstić information content (AvgIpc) is 3.59. The number of ether oxygens (including phenoxy) is 2. The fourth-order valence-electron chi connectivity index (χ4n) is 3.64. The van der Waals surface area contributed by atoms with Gasteiger partial charge in [0.05, 0.1) is 20.9 Å². The zero-order chi connectivity index (χ0) is 21.1. The molecule has 0 unspecified atom stereocenters. The minimum absolute atomic E-state index is 0.588. The lowest BCUT2D eigenvalue weighted by atomic mass is 10.2. The monoisotopic (exact) mass is 424 g/mol. The van der Waals surface area contributed by atoms with Gasteiger partial charge in [0.15, 0.2) is 10.6 Å². The summed E-state index contributed by atoms with van der Waals surface area (Å²) in [6.45, 7) is 4.44. The Kier molecular flexibility index (Phi) is 6.20. The van der Waals surface area contributed by atoms with Gasteiger partial charge in [0.1, 0.15) is 11.5 Å². The summed E-state index contributed by atoms with van der Waals surface area (Å²) >= 11 is 5.78. The molecule has 6 nitrogen and oxygen atoms in total. The van der Waals surface area contributed by atoms with Gasteiger partial charge in [-0.05, 0) is 73.9 Å². The van der Waals surface area contributed by atoms with Crippen molar-refractivity contribution >= 4 is 12.2 Å². The summed E-state index contributed by atoms with van der Waals surface area (Å²) in [6, 6.07) is 16.8. The summed E-state index contributed by atoms with van der Waals surface area (Å²) in [5, 5.41) is 4.90. The van der Waals surface area contributed by atoms with Gasteiger partial charge in [0.25, 0.3) is 0 Å². The quantitative estimate of drug-likeness (QED) is 0.464. The SMILES string of the molecule is CCn1c(-c2ccc(OC)cc2)nn(CN(Cc2ccc(OC)cc2)C2CC2)c1=S. The number of benzene rings is 2. The molecule has 0 aliphatic heterocycles. The molecule has 3 aromatic rings. The summed E-state index contributed by atoms with van der Waals surface area (Å²) in [5.41, 5.74) is 2.30. The minimum atomic E-state index is 0.588. The van der Waals surface area contributed by atoms with Crippen molar-refractivity contribution in [3.8, 4) is 22.9 Å². The fraction of sp³-hybridized carbons (Fsp3) is 0.391. The molecule has 1 fully saturated rings. The summed E-state index contributed by atoms with van der Waals surface area (Å²) in [5.74, 6) is 2.61. The van der Waals surface area contributed by atoms with E-state index in [9.17, 15) is 0 Å². The highest BCUT2D eigenvalue weighted by atomic mass is 32.1. The van der Waals surface area contributed by atoms with Gasteiger partial charge < -0.3 is 14.0 Å². The molecule has 0 amide bonds. The van der Waals surface area contributed by atoms with Gasteiger partial charge in [0.2, 0.25) is 0 Å². The Morgan fingerprint density at radius 3 is 2.13 bits per heavy atom. The lowest BCUT2D eigenvalue weighted by Gasteiger charge is -2.22. The van der Waals surface area contributed by atoms with E-state index in [0.717, 1.165) is 40.7 Å². The van der Waals surface area contributed by atoms with Crippen molar-refractivity contribution in [2.75, 3.05) is 14.2 Å². The zero-order valence-electron chi connectivity index (χ0n) is 17.7. The highest BCUT2D eigenvalue weighted by Crippen LogP contribution is 2.30. The molecular weight excluding hydrogens is 396 g/mol. The minimum Gasteiger partial charge on any atom is -0.497 e. The van der Waals surface area contributed by atoms with Crippen LogP contribution in [0.3, 0.4) is 0 Å². The van der Waals surface area contributed by atoms with Crippen LogP contribution in [0, 0.1) is 4.77 Å². The van der Waals surface area contributed by atoms with Crippen LogP contribution >= 0.6 is 12.2 Å².